The lowest BCUT2D eigenvalue weighted by Gasteiger charge is -2.24. The maximum Gasteiger partial charge on any atom is 0.0876 e. The van der Waals surface area contributed by atoms with Crippen LogP contribution in [-0.2, 0) is 4.74 Å². The maximum atomic E-state index is 5.42. The first kappa shape index (κ1) is 12.0. The number of hydrogen-bond acceptors (Lipinski definition) is 4. The van der Waals surface area contributed by atoms with Gasteiger partial charge in [-0.2, -0.15) is 10.2 Å². The van der Waals surface area contributed by atoms with Crippen LogP contribution in [0, 0.1) is 13.8 Å². The molecule has 0 fully saturated rings. The van der Waals surface area contributed by atoms with Gasteiger partial charge in [0.1, 0.15) is 0 Å². The van der Waals surface area contributed by atoms with Crippen LogP contribution in [0.1, 0.15) is 35.8 Å². The number of likely N-dealkylation sites (N-methyl/N-ethyl adjacent to an activating group) is 1. The molecule has 1 aliphatic rings. The second-order valence-electron chi connectivity index (χ2n) is 4.42. The van der Waals surface area contributed by atoms with Gasteiger partial charge in [-0.15, -0.1) is 0 Å². The fourth-order valence-corrected chi connectivity index (χ4v) is 2.20. The van der Waals surface area contributed by atoms with E-state index in [1.807, 2.05) is 27.2 Å². The zero-order valence-electron chi connectivity index (χ0n) is 10.7. The smallest absolute Gasteiger partial charge is 0.0876 e. The van der Waals surface area contributed by atoms with Crippen molar-refractivity contribution in [2.75, 3.05) is 13.7 Å². The predicted octanol–water partition coefficient (Wildman–Crippen LogP) is 2.05. The molecule has 0 aliphatic carbocycles. The summed E-state index contributed by atoms with van der Waals surface area (Å²) >= 11 is 0. The molecule has 0 saturated carbocycles. The van der Waals surface area contributed by atoms with Crippen LogP contribution < -0.4 is 5.32 Å². The van der Waals surface area contributed by atoms with Gasteiger partial charge in [-0.3, -0.25) is 0 Å². The molecule has 1 aliphatic heterocycles. The van der Waals surface area contributed by atoms with Crippen LogP contribution in [0.5, 0.6) is 0 Å². The minimum atomic E-state index is 0.185. The summed E-state index contributed by atoms with van der Waals surface area (Å²) in [6, 6.07) is 2.28. The minimum absolute atomic E-state index is 0.185. The number of nitrogens with zero attached hydrogens (tertiary/aromatic N) is 2. The van der Waals surface area contributed by atoms with E-state index in [9.17, 15) is 0 Å². The molecule has 0 saturated heterocycles. The topological polar surface area (TPSA) is 47.0 Å². The summed E-state index contributed by atoms with van der Waals surface area (Å²) in [5, 5.41) is 11.6. The Morgan fingerprint density at radius 1 is 1.35 bits per heavy atom. The predicted molar refractivity (Wildman–Crippen MR) is 66.6 cm³/mol. The number of aryl methyl sites for hydroxylation is 2. The van der Waals surface area contributed by atoms with E-state index in [2.05, 4.69) is 21.6 Å². The monoisotopic (exact) mass is 233 g/mol. The van der Waals surface area contributed by atoms with E-state index in [0.717, 1.165) is 30.8 Å². The number of ether oxygens (including phenoxy) is 1. The Balaban J connectivity index is 2.34. The molecule has 17 heavy (non-hydrogen) atoms. The highest BCUT2D eigenvalue weighted by Gasteiger charge is 2.20. The molecule has 4 nitrogen and oxygen atoms in total. The van der Waals surface area contributed by atoms with Gasteiger partial charge in [0, 0.05) is 0 Å². The number of nitrogens with one attached hydrogen (secondary N) is 1. The molecule has 1 aromatic heterocycles. The molecule has 0 bridgehead atoms. The third-order valence-corrected chi connectivity index (χ3v) is 3.07. The van der Waals surface area contributed by atoms with Gasteiger partial charge in [0.25, 0.3) is 0 Å². The largest absolute Gasteiger partial charge is 0.501 e. The number of aromatic nitrogens is 2. The Morgan fingerprint density at radius 2 is 2.18 bits per heavy atom. The molecule has 0 aromatic carbocycles. The highest BCUT2D eigenvalue weighted by atomic mass is 16.5. The molecule has 0 radical (unpaired) electrons. The van der Waals surface area contributed by atoms with Crippen molar-refractivity contribution in [3.63, 3.8) is 0 Å². The van der Waals surface area contributed by atoms with Crippen molar-refractivity contribution in [1.29, 1.82) is 0 Å². The Bertz CT molecular complexity index is 429. The summed E-state index contributed by atoms with van der Waals surface area (Å²) in [4.78, 5) is 0. The lowest BCUT2D eigenvalue weighted by Crippen LogP contribution is -2.22. The van der Waals surface area contributed by atoms with Crippen molar-refractivity contribution < 1.29 is 4.74 Å². The van der Waals surface area contributed by atoms with E-state index in [4.69, 9.17) is 4.74 Å². The van der Waals surface area contributed by atoms with Gasteiger partial charge >= 0.3 is 0 Å². The second kappa shape index (κ2) is 5.27. The summed E-state index contributed by atoms with van der Waals surface area (Å²) in [7, 11) is 1.97. The Hall–Kier alpha value is -1.42. The summed E-state index contributed by atoms with van der Waals surface area (Å²) in [6.07, 6.45) is 4.05. The lowest BCUT2D eigenvalue weighted by molar-refractivity contribution is 0.220. The zero-order chi connectivity index (χ0) is 12.3. The van der Waals surface area contributed by atoms with Crippen LogP contribution in [0.2, 0.25) is 0 Å². The van der Waals surface area contributed by atoms with Crippen molar-refractivity contribution >= 4 is 0 Å². The van der Waals surface area contributed by atoms with Gasteiger partial charge in [0.15, 0.2) is 0 Å². The maximum absolute atomic E-state index is 5.42. The molecule has 0 amide bonds. The molecule has 2 heterocycles. The molecule has 1 aromatic rings. The van der Waals surface area contributed by atoms with Crippen molar-refractivity contribution in [2.45, 2.75) is 32.7 Å². The highest BCUT2D eigenvalue weighted by molar-refractivity contribution is 5.31. The standard InChI is InChI=1S/C13H19N3O/c1-9-7-12(10(2)16-15-9)13(14-3)11-5-4-6-17-8-11/h7-8,13-14H,4-6H2,1-3H3. The first-order valence-corrected chi connectivity index (χ1v) is 6.01. The summed E-state index contributed by atoms with van der Waals surface area (Å²) in [5.74, 6) is 0. The van der Waals surface area contributed by atoms with Crippen LogP contribution in [-0.4, -0.2) is 23.9 Å². The van der Waals surface area contributed by atoms with Crippen LogP contribution in [0.4, 0.5) is 0 Å². The lowest BCUT2D eigenvalue weighted by atomic mass is 9.94. The van der Waals surface area contributed by atoms with Crippen LogP contribution in [0.3, 0.4) is 0 Å². The fourth-order valence-electron chi connectivity index (χ4n) is 2.20. The van der Waals surface area contributed by atoms with Crippen molar-refractivity contribution in [2.24, 2.45) is 0 Å². The molecule has 4 heteroatoms. The highest BCUT2D eigenvalue weighted by Crippen LogP contribution is 2.28. The van der Waals surface area contributed by atoms with Gasteiger partial charge < -0.3 is 10.1 Å². The van der Waals surface area contributed by atoms with Crippen LogP contribution in [0.15, 0.2) is 17.9 Å². The molecule has 1 unspecified atom stereocenters. The molecular weight excluding hydrogens is 214 g/mol. The first-order valence-electron chi connectivity index (χ1n) is 6.01. The quantitative estimate of drug-likeness (QED) is 0.868. The van der Waals surface area contributed by atoms with Gasteiger partial charge in [0.05, 0.1) is 30.3 Å². The molecule has 1 atom stereocenters. The van der Waals surface area contributed by atoms with Crippen LogP contribution in [0.25, 0.3) is 0 Å². The van der Waals surface area contributed by atoms with Crippen LogP contribution >= 0.6 is 0 Å². The molecule has 1 N–H and O–H groups in total. The molecule has 92 valence electrons. The summed E-state index contributed by atoms with van der Waals surface area (Å²) in [6.45, 7) is 4.79. The van der Waals surface area contributed by atoms with E-state index >= 15 is 0 Å². The van der Waals surface area contributed by atoms with Gasteiger partial charge in [-0.1, -0.05) is 0 Å². The number of rotatable bonds is 3. The first-order chi connectivity index (χ1) is 8.22. The molecular formula is C13H19N3O. The Kier molecular flexibility index (Phi) is 3.74. The SMILES string of the molecule is CNC(C1=COCCC1)c1cc(C)nnc1C. The third-order valence-electron chi connectivity index (χ3n) is 3.07. The molecule has 2 rings (SSSR count). The van der Waals surface area contributed by atoms with E-state index in [0.29, 0.717) is 0 Å². The van der Waals surface area contributed by atoms with E-state index in [-0.39, 0.29) is 6.04 Å². The second-order valence-corrected chi connectivity index (χ2v) is 4.42. The third kappa shape index (κ3) is 2.64. The summed E-state index contributed by atoms with van der Waals surface area (Å²) in [5.41, 5.74) is 4.40. The van der Waals surface area contributed by atoms with Crippen molar-refractivity contribution in [1.82, 2.24) is 15.5 Å². The molecule has 0 spiro atoms. The average molecular weight is 233 g/mol. The van der Waals surface area contributed by atoms with Gasteiger partial charge in [-0.25, -0.2) is 0 Å². The van der Waals surface area contributed by atoms with E-state index in [1.54, 1.807) is 0 Å². The Morgan fingerprint density at radius 3 is 2.82 bits per heavy atom. The van der Waals surface area contributed by atoms with Crippen molar-refractivity contribution in [3.05, 3.63) is 34.9 Å². The summed E-state index contributed by atoms with van der Waals surface area (Å²) < 4.78 is 5.42. The fraction of sp³-hybridized carbons (Fsp3) is 0.538. The normalized spacial score (nSPS) is 17.2. The average Bonchev–Trinajstić information content (AvgIpc) is 2.36. The van der Waals surface area contributed by atoms with E-state index < -0.39 is 0 Å². The van der Waals surface area contributed by atoms with Crippen molar-refractivity contribution in [3.8, 4) is 0 Å². The zero-order valence-corrected chi connectivity index (χ0v) is 10.7. The van der Waals surface area contributed by atoms with E-state index in [1.165, 1.54) is 11.1 Å². The number of hydrogen-bond donors (Lipinski definition) is 1. The Labute approximate surface area is 102 Å². The van der Waals surface area contributed by atoms with Gasteiger partial charge in [0.2, 0.25) is 0 Å². The minimum Gasteiger partial charge on any atom is -0.501 e. The van der Waals surface area contributed by atoms with Gasteiger partial charge in [-0.05, 0) is 50.9 Å².